The topological polar surface area (TPSA) is 29.1 Å². The highest BCUT2D eigenvalue weighted by Crippen LogP contribution is 2.16. The molecule has 2 nitrogen and oxygen atoms in total. The van der Waals surface area contributed by atoms with Gasteiger partial charge in [0.2, 0.25) is 0 Å². The number of hydrogen-bond acceptors (Lipinski definition) is 2. The van der Waals surface area contributed by atoms with Crippen LogP contribution in [-0.4, -0.2) is 22.5 Å². The third-order valence-corrected chi connectivity index (χ3v) is 4.92. The molecular weight excluding hydrogens is 266 g/mol. The van der Waals surface area contributed by atoms with E-state index in [4.69, 9.17) is 11.6 Å². The predicted octanol–water partition coefficient (Wildman–Crippen LogP) is 3.47. The van der Waals surface area contributed by atoms with Gasteiger partial charge in [-0.3, -0.25) is 4.21 Å². The lowest BCUT2D eigenvalue weighted by Crippen LogP contribution is -2.39. The Bertz CT molecular complexity index is 380. The third kappa shape index (κ3) is 4.71. The Morgan fingerprint density at radius 2 is 1.89 bits per heavy atom. The van der Waals surface area contributed by atoms with E-state index in [0.29, 0.717) is 22.7 Å². The lowest BCUT2D eigenvalue weighted by atomic mass is 10.0. The zero-order chi connectivity index (χ0) is 13.5. The average Bonchev–Trinajstić information content (AvgIpc) is 2.38. The maximum Gasteiger partial charge on any atom is 0.0545 e. The van der Waals surface area contributed by atoms with E-state index in [0.717, 1.165) is 17.9 Å². The molecule has 0 spiro atoms. The quantitative estimate of drug-likeness (QED) is 0.832. The molecule has 0 aromatic heterocycles. The van der Waals surface area contributed by atoms with Crippen molar-refractivity contribution in [2.24, 2.45) is 5.92 Å². The molecule has 1 aromatic carbocycles. The number of nitrogens with one attached hydrogen (secondary N) is 1. The van der Waals surface area contributed by atoms with Gasteiger partial charge in [-0.15, -0.1) is 0 Å². The third-order valence-electron chi connectivity index (χ3n) is 3.20. The second kappa shape index (κ2) is 7.93. The monoisotopic (exact) mass is 287 g/mol. The van der Waals surface area contributed by atoms with Gasteiger partial charge in [-0.1, -0.05) is 38.8 Å². The predicted molar refractivity (Wildman–Crippen MR) is 79.6 cm³/mol. The lowest BCUT2D eigenvalue weighted by molar-refractivity contribution is 0.401. The summed E-state index contributed by atoms with van der Waals surface area (Å²) in [4.78, 5) is 0.852. The first-order chi connectivity index (χ1) is 8.58. The Labute approximate surface area is 118 Å². The molecule has 3 unspecified atom stereocenters. The number of benzene rings is 1. The first kappa shape index (κ1) is 15.7. The van der Waals surface area contributed by atoms with E-state index in [1.807, 2.05) is 12.1 Å². The zero-order valence-corrected chi connectivity index (χ0v) is 12.9. The van der Waals surface area contributed by atoms with Crippen molar-refractivity contribution < 1.29 is 4.21 Å². The van der Waals surface area contributed by atoms with E-state index in [9.17, 15) is 4.21 Å². The van der Waals surface area contributed by atoms with Crippen LogP contribution in [0.1, 0.15) is 27.2 Å². The fourth-order valence-electron chi connectivity index (χ4n) is 1.82. The second-order valence-corrected chi connectivity index (χ2v) is 6.45. The average molecular weight is 288 g/mol. The second-order valence-electron chi connectivity index (χ2n) is 4.52. The summed E-state index contributed by atoms with van der Waals surface area (Å²) < 4.78 is 12.3. The normalized spacial score (nSPS) is 16.2. The molecule has 1 rings (SSSR count). The van der Waals surface area contributed by atoms with Gasteiger partial charge in [0.05, 0.1) is 10.8 Å². The molecule has 4 heteroatoms. The highest BCUT2D eigenvalue weighted by atomic mass is 35.5. The van der Waals surface area contributed by atoms with Crippen molar-refractivity contribution in [3.63, 3.8) is 0 Å². The maximum atomic E-state index is 12.3. The molecule has 102 valence electrons. The van der Waals surface area contributed by atoms with Crippen LogP contribution < -0.4 is 5.32 Å². The number of halogens is 1. The molecule has 0 saturated carbocycles. The highest BCUT2D eigenvalue weighted by Gasteiger charge is 2.18. The standard InChI is InChI=1S/C14H22ClNOS/c1-4-11(3)14(16-5-2)10-18(17)13-8-6-12(15)7-9-13/h6-9,11,14,16H,4-5,10H2,1-3H3. The number of rotatable bonds is 7. The van der Waals surface area contributed by atoms with Gasteiger partial charge in [0.1, 0.15) is 0 Å². The van der Waals surface area contributed by atoms with Gasteiger partial charge in [0, 0.05) is 21.7 Å². The SMILES string of the molecule is CCNC(CS(=O)c1ccc(Cl)cc1)C(C)CC. The summed E-state index contributed by atoms with van der Waals surface area (Å²) in [6, 6.07) is 7.58. The van der Waals surface area contributed by atoms with E-state index in [-0.39, 0.29) is 0 Å². The molecule has 0 aliphatic carbocycles. The summed E-state index contributed by atoms with van der Waals surface area (Å²) >= 11 is 5.83. The van der Waals surface area contributed by atoms with Gasteiger partial charge in [-0.2, -0.15) is 0 Å². The van der Waals surface area contributed by atoms with Crippen LogP contribution >= 0.6 is 11.6 Å². The molecule has 0 amide bonds. The lowest BCUT2D eigenvalue weighted by Gasteiger charge is -2.23. The summed E-state index contributed by atoms with van der Waals surface area (Å²) in [5.74, 6) is 1.19. The molecule has 0 aliphatic heterocycles. The largest absolute Gasteiger partial charge is 0.313 e. The van der Waals surface area contributed by atoms with Crippen LogP contribution in [0.5, 0.6) is 0 Å². The Balaban J connectivity index is 2.68. The first-order valence-electron chi connectivity index (χ1n) is 6.45. The van der Waals surface area contributed by atoms with Crippen molar-refractivity contribution in [1.29, 1.82) is 0 Å². The molecule has 0 fully saturated rings. The highest BCUT2D eigenvalue weighted by molar-refractivity contribution is 7.85. The van der Waals surface area contributed by atoms with E-state index in [2.05, 4.69) is 26.1 Å². The maximum absolute atomic E-state index is 12.3. The van der Waals surface area contributed by atoms with E-state index < -0.39 is 10.8 Å². The fraction of sp³-hybridized carbons (Fsp3) is 0.571. The summed E-state index contributed by atoms with van der Waals surface area (Å²) in [6.07, 6.45) is 1.09. The number of hydrogen-bond donors (Lipinski definition) is 1. The van der Waals surface area contributed by atoms with Crippen LogP contribution in [0.15, 0.2) is 29.2 Å². The summed E-state index contributed by atoms with van der Waals surface area (Å²) in [5.41, 5.74) is 0. The molecule has 0 heterocycles. The van der Waals surface area contributed by atoms with E-state index in [1.165, 1.54) is 0 Å². The minimum atomic E-state index is -0.967. The van der Waals surface area contributed by atoms with Gasteiger partial charge in [0.25, 0.3) is 0 Å². The van der Waals surface area contributed by atoms with Crippen molar-refractivity contribution >= 4 is 22.4 Å². The molecule has 3 atom stereocenters. The molecule has 0 aliphatic rings. The Hall–Kier alpha value is -0.380. The smallest absolute Gasteiger partial charge is 0.0545 e. The minimum absolute atomic E-state index is 0.302. The van der Waals surface area contributed by atoms with Gasteiger partial charge in [-0.25, -0.2) is 0 Å². The van der Waals surface area contributed by atoms with Crippen molar-refractivity contribution in [2.45, 2.75) is 38.1 Å². The Morgan fingerprint density at radius 1 is 1.28 bits per heavy atom. The molecule has 18 heavy (non-hydrogen) atoms. The summed E-state index contributed by atoms with van der Waals surface area (Å²) in [6.45, 7) is 7.36. The minimum Gasteiger partial charge on any atom is -0.313 e. The molecular formula is C14H22ClNOS. The van der Waals surface area contributed by atoms with Gasteiger partial charge in [-0.05, 0) is 36.7 Å². The van der Waals surface area contributed by atoms with E-state index in [1.54, 1.807) is 12.1 Å². The summed E-state index contributed by atoms with van der Waals surface area (Å²) in [7, 11) is -0.967. The van der Waals surface area contributed by atoms with Crippen molar-refractivity contribution in [3.8, 4) is 0 Å². The van der Waals surface area contributed by atoms with Crippen LogP contribution in [0.2, 0.25) is 5.02 Å². The molecule has 1 N–H and O–H groups in total. The van der Waals surface area contributed by atoms with Crippen LogP contribution in [0.25, 0.3) is 0 Å². The van der Waals surface area contributed by atoms with Gasteiger partial charge < -0.3 is 5.32 Å². The fourth-order valence-corrected chi connectivity index (χ4v) is 3.35. The van der Waals surface area contributed by atoms with E-state index >= 15 is 0 Å². The van der Waals surface area contributed by atoms with Gasteiger partial charge >= 0.3 is 0 Å². The molecule has 0 saturated heterocycles. The van der Waals surface area contributed by atoms with Crippen molar-refractivity contribution in [1.82, 2.24) is 5.32 Å². The van der Waals surface area contributed by atoms with Crippen molar-refractivity contribution in [3.05, 3.63) is 29.3 Å². The Morgan fingerprint density at radius 3 is 2.39 bits per heavy atom. The first-order valence-corrected chi connectivity index (χ1v) is 8.15. The Kier molecular flexibility index (Phi) is 6.90. The van der Waals surface area contributed by atoms with Crippen molar-refractivity contribution in [2.75, 3.05) is 12.3 Å². The molecule has 0 radical (unpaired) electrons. The van der Waals surface area contributed by atoms with Crippen LogP contribution in [-0.2, 0) is 10.8 Å². The van der Waals surface area contributed by atoms with Crippen LogP contribution in [0.3, 0.4) is 0 Å². The summed E-state index contributed by atoms with van der Waals surface area (Å²) in [5, 5.41) is 4.11. The van der Waals surface area contributed by atoms with Gasteiger partial charge in [0.15, 0.2) is 0 Å². The van der Waals surface area contributed by atoms with Crippen LogP contribution in [0, 0.1) is 5.92 Å². The molecule has 0 bridgehead atoms. The zero-order valence-electron chi connectivity index (χ0n) is 11.3. The van der Waals surface area contributed by atoms with Crippen LogP contribution in [0.4, 0.5) is 0 Å². The molecule has 1 aromatic rings.